The average molecular weight is 394 g/mol. The fourth-order valence-electron chi connectivity index (χ4n) is 3.66. The Balaban J connectivity index is 1.69. The Labute approximate surface area is 158 Å². The van der Waals surface area contributed by atoms with E-state index < -0.39 is 16.0 Å². The molecule has 140 valence electrons. The lowest BCUT2D eigenvalue weighted by atomic mass is 9.80. The number of thiophene rings is 1. The number of carboxylic acids is 1. The second-order valence-corrected chi connectivity index (χ2v) is 9.97. The molecule has 1 saturated carbocycles. The molecular formula is C19H23NO4S2. The van der Waals surface area contributed by atoms with Gasteiger partial charge < -0.3 is 5.11 Å². The van der Waals surface area contributed by atoms with E-state index in [2.05, 4.69) is 4.72 Å². The predicted molar refractivity (Wildman–Crippen MR) is 102 cm³/mol. The fraction of sp³-hybridized carbons (Fsp3) is 0.421. The molecule has 1 aromatic carbocycles. The Morgan fingerprint density at radius 1 is 1.12 bits per heavy atom. The number of hydrogen-bond acceptors (Lipinski definition) is 4. The lowest BCUT2D eigenvalue weighted by molar-refractivity contribution is -0.136. The number of carboxylic acid groups (broad SMARTS) is 1. The third kappa shape index (κ3) is 4.72. The Morgan fingerprint density at radius 2 is 1.77 bits per heavy atom. The summed E-state index contributed by atoms with van der Waals surface area (Å²) in [5.74, 6) is -0.840. The number of benzene rings is 1. The molecular weight excluding hydrogens is 370 g/mol. The number of sulfonamides is 1. The van der Waals surface area contributed by atoms with Gasteiger partial charge in [-0.3, -0.25) is 4.79 Å². The van der Waals surface area contributed by atoms with E-state index in [1.807, 2.05) is 24.3 Å². The molecule has 0 unspecified atom stereocenters. The highest BCUT2D eigenvalue weighted by Gasteiger charge is 2.35. The van der Waals surface area contributed by atoms with Crippen LogP contribution in [0.4, 0.5) is 0 Å². The third-order valence-corrected chi connectivity index (χ3v) is 7.82. The molecule has 1 heterocycles. The van der Waals surface area contributed by atoms with Gasteiger partial charge in [-0.1, -0.05) is 43.2 Å². The summed E-state index contributed by atoms with van der Waals surface area (Å²) in [6.45, 7) is 0.435. The van der Waals surface area contributed by atoms with Crippen molar-refractivity contribution >= 4 is 27.3 Å². The van der Waals surface area contributed by atoms with E-state index in [1.54, 1.807) is 17.5 Å². The van der Waals surface area contributed by atoms with E-state index in [0.29, 0.717) is 10.8 Å². The van der Waals surface area contributed by atoms with Gasteiger partial charge in [0.2, 0.25) is 10.0 Å². The molecule has 0 amide bonds. The first-order valence-corrected chi connectivity index (χ1v) is 11.1. The molecule has 1 aliphatic carbocycles. The van der Waals surface area contributed by atoms with Gasteiger partial charge in [-0.2, -0.15) is 0 Å². The first kappa shape index (κ1) is 19.1. The molecule has 0 radical (unpaired) electrons. The van der Waals surface area contributed by atoms with Crippen LogP contribution in [0.5, 0.6) is 0 Å². The van der Waals surface area contributed by atoms with Gasteiger partial charge in [0.25, 0.3) is 0 Å². The summed E-state index contributed by atoms with van der Waals surface area (Å²) in [4.78, 5) is 10.8. The van der Waals surface area contributed by atoms with Crippen LogP contribution in [0.2, 0.25) is 0 Å². The van der Waals surface area contributed by atoms with Crippen LogP contribution in [0.15, 0.2) is 46.0 Å². The Bertz CT molecular complexity index is 836. The van der Waals surface area contributed by atoms with E-state index in [-0.39, 0.29) is 11.8 Å². The lowest BCUT2D eigenvalue weighted by Gasteiger charge is -2.29. The lowest BCUT2D eigenvalue weighted by Crippen LogP contribution is -2.37. The monoisotopic (exact) mass is 393 g/mol. The summed E-state index contributed by atoms with van der Waals surface area (Å²) in [5, 5.41) is 10.6. The zero-order chi connectivity index (χ0) is 18.6. The minimum Gasteiger partial charge on any atom is -0.481 e. The van der Waals surface area contributed by atoms with Crippen LogP contribution in [0.25, 0.3) is 0 Å². The highest BCUT2D eigenvalue weighted by atomic mass is 32.2. The molecule has 7 heteroatoms. The maximum absolute atomic E-state index is 12.4. The van der Waals surface area contributed by atoms with E-state index in [4.69, 9.17) is 5.11 Å². The molecule has 2 N–H and O–H groups in total. The van der Waals surface area contributed by atoms with Crippen LogP contribution >= 0.6 is 11.3 Å². The minimum absolute atomic E-state index is 0.0199. The van der Waals surface area contributed by atoms with Crippen LogP contribution in [0, 0.1) is 5.41 Å². The standard InChI is InChI=1S/C19H23NO4S2/c21-17(22)12-15-5-7-16(8-6-15)13-19(9-1-2-10-19)14-20-26(23,24)18-4-3-11-25-18/h3-8,11,20H,1-2,9-10,12-14H2,(H,21,22). The van der Waals surface area contributed by atoms with Gasteiger partial charge in [-0.15, -0.1) is 11.3 Å². The van der Waals surface area contributed by atoms with Crippen molar-refractivity contribution in [2.45, 2.75) is 42.7 Å². The molecule has 0 bridgehead atoms. The highest BCUT2D eigenvalue weighted by molar-refractivity contribution is 7.91. The van der Waals surface area contributed by atoms with Crippen molar-refractivity contribution in [3.05, 3.63) is 52.9 Å². The summed E-state index contributed by atoms with van der Waals surface area (Å²) in [6, 6.07) is 11.0. The van der Waals surface area contributed by atoms with E-state index in [0.717, 1.165) is 43.2 Å². The highest BCUT2D eigenvalue weighted by Crippen LogP contribution is 2.41. The van der Waals surface area contributed by atoms with Crippen molar-refractivity contribution in [2.75, 3.05) is 6.54 Å². The van der Waals surface area contributed by atoms with Crippen LogP contribution in [0.1, 0.15) is 36.8 Å². The van der Waals surface area contributed by atoms with Gasteiger partial charge in [0.1, 0.15) is 4.21 Å². The zero-order valence-electron chi connectivity index (χ0n) is 14.5. The van der Waals surface area contributed by atoms with Crippen molar-refractivity contribution in [1.29, 1.82) is 0 Å². The van der Waals surface area contributed by atoms with Crippen LogP contribution < -0.4 is 4.72 Å². The number of hydrogen-bond donors (Lipinski definition) is 2. The summed E-state index contributed by atoms with van der Waals surface area (Å²) < 4.78 is 28.0. The molecule has 1 fully saturated rings. The Kier molecular flexibility index (Phi) is 5.79. The van der Waals surface area contributed by atoms with Crippen molar-refractivity contribution in [3.63, 3.8) is 0 Å². The normalized spacial score (nSPS) is 16.6. The maximum atomic E-state index is 12.4. The molecule has 0 atom stereocenters. The second kappa shape index (κ2) is 7.90. The second-order valence-electron chi connectivity index (χ2n) is 7.03. The molecule has 26 heavy (non-hydrogen) atoms. The topological polar surface area (TPSA) is 83.5 Å². The van der Waals surface area contributed by atoms with Crippen LogP contribution in [0.3, 0.4) is 0 Å². The molecule has 1 aromatic heterocycles. The van der Waals surface area contributed by atoms with Crippen molar-refractivity contribution in [2.24, 2.45) is 5.41 Å². The first-order chi connectivity index (χ1) is 12.4. The smallest absolute Gasteiger partial charge is 0.307 e. The van der Waals surface area contributed by atoms with Crippen molar-refractivity contribution < 1.29 is 18.3 Å². The van der Waals surface area contributed by atoms with Crippen molar-refractivity contribution in [1.82, 2.24) is 4.72 Å². The molecule has 2 aromatic rings. The summed E-state index contributed by atoms with van der Waals surface area (Å²) in [6.07, 6.45) is 5.03. The van der Waals surface area contributed by atoms with Crippen LogP contribution in [-0.2, 0) is 27.7 Å². The van der Waals surface area contributed by atoms with Gasteiger partial charge >= 0.3 is 5.97 Å². The first-order valence-electron chi connectivity index (χ1n) is 8.71. The number of aliphatic carboxylic acids is 1. The van der Waals surface area contributed by atoms with Gasteiger partial charge in [0.05, 0.1) is 6.42 Å². The van der Waals surface area contributed by atoms with Crippen molar-refractivity contribution in [3.8, 4) is 0 Å². The third-order valence-electron chi connectivity index (χ3n) is 5.02. The summed E-state index contributed by atoms with van der Waals surface area (Å²) >= 11 is 1.22. The predicted octanol–water partition coefficient (Wildman–Crippen LogP) is 3.46. The number of nitrogens with one attached hydrogen (secondary N) is 1. The maximum Gasteiger partial charge on any atom is 0.307 e. The van der Waals surface area contributed by atoms with E-state index in [9.17, 15) is 13.2 Å². The fourth-order valence-corrected chi connectivity index (χ4v) is 5.85. The quantitative estimate of drug-likeness (QED) is 0.719. The molecule has 0 aliphatic heterocycles. The average Bonchev–Trinajstić information content (AvgIpc) is 3.27. The Morgan fingerprint density at radius 3 is 2.35 bits per heavy atom. The zero-order valence-corrected chi connectivity index (χ0v) is 16.1. The van der Waals surface area contributed by atoms with Crippen LogP contribution in [-0.4, -0.2) is 26.0 Å². The molecule has 1 aliphatic rings. The van der Waals surface area contributed by atoms with Gasteiger partial charge in [-0.05, 0) is 47.3 Å². The summed E-state index contributed by atoms with van der Waals surface area (Å²) in [7, 11) is -3.45. The number of carbonyl (C=O) groups is 1. The minimum atomic E-state index is -3.45. The SMILES string of the molecule is O=C(O)Cc1ccc(CC2(CNS(=O)(=O)c3cccs3)CCCC2)cc1. The Hall–Kier alpha value is -1.70. The largest absolute Gasteiger partial charge is 0.481 e. The summed E-state index contributed by atoms with van der Waals surface area (Å²) in [5.41, 5.74) is 1.83. The van der Waals surface area contributed by atoms with Gasteiger partial charge in [0, 0.05) is 6.54 Å². The molecule has 5 nitrogen and oxygen atoms in total. The van der Waals surface area contributed by atoms with E-state index in [1.165, 1.54) is 11.3 Å². The van der Waals surface area contributed by atoms with Gasteiger partial charge in [-0.25, -0.2) is 13.1 Å². The van der Waals surface area contributed by atoms with E-state index >= 15 is 0 Å². The molecule has 3 rings (SSSR count). The number of rotatable bonds is 8. The molecule has 0 spiro atoms. The van der Waals surface area contributed by atoms with Gasteiger partial charge in [0.15, 0.2) is 0 Å². The molecule has 0 saturated heterocycles.